The van der Waals surface area contributed by atoms with E-state index in [2.05, 4.69) is 22.4 Å². The fourth-order valence-corrected chi connectivity index (χ4v) is 2.18. The first-order valence-electron chi connectivity index (χ1n) is 5.68. The maximum absolute atomic E-state index is 5.80. The lowest BCUT2D eigenvalue weighted by Gasteiger charge is -2.02. The van der Waals surface area contributed by atoms with Crippen LogP contribution in [0.25, 0.3) is 0 Å². The summed E-state index contributed by atoms with van der Waals surface area (Å²) in [5, 5.41) is 13.9. The number of nitrogens with zero attached hydrogens (tertiary/aromatic N) is 2. The number of rotatable bonds is 6. The molecule has 0 unspecified atom stereocenters. The van der Waals surface area contributed by atoms with Crippen molar-refractivity contribution < 1.29 is 4.74 Å². The number of benzene rings is 1. The van der Waals surface area contributed by atoms with Gasteiger partial charge in [-0.1, -0.05) is 29.9 Å². The zero-order chi connectivity index (χ0) is 12.8. The molecular formula is C12H14ClN3OS. The lowest BCUT2D eigenvalue weighted by Crippen LogP contribution is -2.11. The lowest BCUT2D eigenvalue weighted by molar-refractivity contribution is 0.304. The molecule has 0 amide bonds. The van der Waals surface area contributed by atoms with Gasteiger partial charge in [-0.15, -0.1) is 10.2 Å². The Morgan fingerprint density at radius 1 is 1.22 bits per heavy atom. The van der Waals surface area contributed by atoms with Crippen LogP contribution in [-0.2, 0) is 13.2 Å². The van der Waals surface area contributed by atoms with Gasteiger partial charge < -0.3 is 10.1 Å². The van der Waals surface area contributed by atoms with Crippen LogP contribution in [0, 0.1) is 0 Å². The van der Waals surface area contributed by atoms with Gasteiger partial charge >= 0.3 is 0 Å². The van der Waals surface area contributed by atoms with Crippen LogP contribution in [0.1, 0.15) is 16.9 Å². The Labute approximate surface area is 115 Å². The summed E-state index contributed by atoms with van der Waals surface area (Å²) < 4.78 is 5.59. The number of hydrogen-bond donors (Lipinski definition) is 1. The monoisotopic (exact) mass is 283 g/mol. The molecule has 1 heterocycles. The number of halogens is 1. The van der Waals surface area contributed by atoms with E-state index in [-0.39, 0.29) is 0 Å². The van der Waals surface area contributed by atoms with Crippen molar-refractivity contribution in [1.29, 1.82) is 0 Å². The molecule has 0 aliphatic rings. The molecule has 18 heavy (non-hydrogen) atoms. The van der Waals surface area contributed by atoms with Crippen molar-refractivity contribution in [1.82, 2.24) is 15.5 Å². The van der Waals surface area contributed by atoms with Crippen molar-refractivity contribution in [3.05, 3.63) is 39.3 Å². The van der Waals surface area contributed by atoms with Crippen LogP contribution >= 0.6 is 22.9 Å². The first kappa shape index (κ1) is 13.3. The van der Waals surface area contributed by atoms with E-state index in [4.69, 9.17) is 16.3 Å². The van der Waals surface area contributed by atoms with E-state index in [0.29, 0.717) is 11.6 Å². The predicted molar refractivity (Wildman–Crippen MR) is 73.1 cm³/mol. The summed E-state index contributed by atoms with van der Waals surface area (Å²) in [5.74, 6) is 0.780. The number of aromatic nitrogens is 2. The molecule has 0 saturated carbocycles. The third-order valence-electron chi connectivity index (χ3n) is 2.21. The van der Waals surface area contributed by atoms with E-state index in [1.54, 1.807) is 23.5 Å². The molecule has 96 valence electrons. The molecule has 2 aromatic rings. The average Bonchev–Trinajstić information content (AvgIpc) is 2.84. The highest BCUT2D eigenvalue weighted by Gasteiger charge is 2.04. The Kier molecular flexibility index (Phi) is 4.92. The molecule has 0 bridgehead atoms. The highest BCUT2D eigenvalue weighted by Crippen LogP contribution is 2.18. The summed E-state index contributed by atoms with van der Waals surface area (Å²) in [7, 11) is 0. The topological polar surface area (TPSA) is 47.0 Å². The molecule has 0 saturated heterocycles. The maximum Gasteiger partial charge on any atom is 0.155 e. The van der Waals surface area contributed by atoms with Gasteiger partial charge in [0.05, 0.1) is 0 Å². The van der Waals surface area contributed by atoms with E-state index in [1.807, 2.05) is 12.1 Å². The maximum atomic E-state index is 5.80. The van der Waals surface area contributed by atoms with Crippen LogP contribution in [-0.4, -0.2) is 16.7 Å². The fraction of sp³-hybridized carbons (Fsp3) is 0.333. The summed E-state index contributed by atoms with van der Waals surface area (Å²) in [6.45, 7) is 4.18. The SMILES string of the molecule is CCNCc1nnc(COc2ccc(Cl)cc2)s1. The second kappa shape index (κ2) is 6.68. The predicted octanol–water partition coefficient (Wildman–Crippen LogP) is 2.88. The Balaban J connectivity index is 1.86. The minimum absolute atomic E-state index is 0.436. The summed E-state index contributed by atoms with van der Waals surface area (Å²) in [6.07, 6.45) is 0. The zero-order valence-corrected chi connectivity index (χ0v) is 11.6. The Bertz CT molecular complexity index is 486. The summed E-state index contributed by atoms with van der Waals surface area (Å²) >= 11 is 7.36. The summed E-state index contributed by atoms with van der Waals surface area (Å²) in [5.41, 5.74) is 0. The zero-order valence-electron chi connectivity index (χ0n) is 10.0. The first-order chi connectivity index (χ1) is 8.78. The fourth-order valence-electron chi connectivity index (χ4n) is 1.33. The van der Waals surface area contributed by atoms with E-state index >= 15 is 0 Å². The van der Waals surface area contributed by atoms with Crippen molar-refractivity contribution in [2.24, 2.45) is 0 Å². The minimum atomic E-state index is 0.436. The van der Waals surface area contributed by atoms with Gasteiger partial charge in [0.2, 0.25) is 0 Å². The molecule has 0 atom stereocenters. The third kappa shape index (κ3) is 3.94. The van der Waals surface area contributed by atoms with Gasteiger partial charge in [0.25, 0.3) is 0 Å². The highest BCUT2D eigenvalue weighted by molar-refractivity contribution is 7.11. The van der Waals surface area contributed by atoms with Crippen molar-refractivity contribution in [2.75, 3.05) is 6.54 Å². The summed E-state index contributed by atoms with van der Waals surface area (Å²) in [6, 6.07) is 7.27. The van der Waals surface area contributed by atoms with Gasteiger partial charge in [0.1, 0.15) is 17.4 Å². The normalized spacial score (nSPS) is 10.6. The molecule has 0 aliphatic heterocycles. The molecule has 1 aromatic heterocycles. The van der Waals surface area contributed by atoms with Gasteiger partial charge in [-0.05, 0) is 30.8 Å². The minimum Gasteiger partial charge on any atom is -0.486 e. The van der Waals surface area contributed by atoms with E-state index in [9.17, 15) is 0 Å². The van der Waals surface area contributed by atoms with Gasteiger partial charge in [-0.2, -0.15) is 0 Å². The van der Waals surface area contributed by atoms with Crippen LogP contribution < -0.4 is 10.1 Å². The molecule has 0 aliphatic carbocycles. The molecule has 0 fully saturated rings. The third-order valence-corrected chi connectivity index (χ3v) is 3.36. The van der Waals surface area contributed by atoms with E-state index in [0.717, 1.165) is 28.9 Å². The van der Waals surface area contributed by atoms with E-state index in [1.165, 1.54) is 0 Å². The van der Waals surface area contributed by atoms with Crippen LogP contribution in [0.2, 0.25) is 5.02 Å². The molecule has 6 heteroatoms. The van der Waals surface area contributed by atoms with Gasteiger partial charge in [-0.3, -0.25) is 0 Å². The van der Waals surface area contributed by atoms with Gasteiger partial charge in [-0.25, -0.2) is 0 Å². The Morgan fingerprint density at radius 3 is 2.67 bits per heavy atom. The number of hydrogen-bond acceptors (Lipinski definition) is 5. The van der Waals surface area contributed by atoms with Crippen LogP contribution in [0.5, 0.6) is 5.75 Å². The summed E-state index contributed by atoms with van der Waals surface area (Å²) in [4.78, 5) is 0. The second-order valence-electron chi connectivity index (χ2n) is 3.61. The van der Waals surface area contributed by atoms with Crippen LogP contribution in [0.4, 0.5) is 0 Å². The Morgan fingerprint density at radius 2 is 1.94 bits per heavy atom. The molecule has 0 radical (unpaired) electrons. The second-order valence-corrected chi connectivity index (χ2v) is 5.20. The van der Waals surface area contributed by atoms with Crippen LogP contribution in [0.3, 0.4) is 0 Å². The standard InChI is InChI=1S/C12H14ClN3OS/c1-2-14-7-11-15-16-12(18-11)8-17-10-5-3-9(13)4-6-10/h3-6,14H,2,7-8H2,1H3. The van der Waals surface area contributed by atoms with Gasteiger partial charge in [0.15, 0.2) is 5.01 Å². The quantitative estimate of drug-likeness (QED) is 0.885. The highest BCUT2D eigenvalue weighted by atomic mass is 35.5. The van der Waals surface area contributed by atoms with E-state index < -0.39 is 0 Å². The van der Waals surface area contributed by atoms with Crippen molar-refractivity contribution in [3.63, 3.8) is 0 Å². The van der Waals surface area contributed by atoms with Crippen molar-refractivity contribution in [3.8, 4) is 5.75 Å². The average molecular weight is 284 g/mol. The largest absolute Gasteiger partial charge is 0.486 e. The molecule has 4 nitrogen and oxygen atoms in total. The number of nitrogens with one attached hydrogen (secondary N) is 1. The first-order valence-corrected chi connectivity index (χ1v) is 6.87. The smallest absolute Gasteiger partial charge is 0.155 e. The van der Waals surface area contributed by atoms with Crippen LogP contribution in [0.15, 0.2) is 24.3 Å². The lowest BCUT2D eigenvalue weighted by atomic mass is 10.3. The van der Waals surface area contributed by atoms with Crippen molar-refractivity contribution in [2.45, 2.75) is 20.1 Å². The molecule has 1 N–H and O–H groups in total. The molecule has 2 rings (SSSR count). The number of ether oxygens (including phenoxy) is 1. The van der Waals surface area contributed by atoms with Crippen molar-refractivity contribution >= 4 is 22.9 Å². The van der Waals surface area contributed by atoms with Gasteiger partial charge in [0, 0.05) is 11.6 Å². The molecule has 1 aromatic carbocycles. The molecule has 0 spiro atoms. The Hall–Kier alpha value is -1.17. The molecular weight excluding hydrogens is 270 g/mol.